The Morgan fingerprint density at radius 3 is 2.91 bits per heavy atom. The van der Waals surface area contributed by atoms with Crippen molar-refractivity contribution in [2.24, 2.45) is 0 Å². The van der Waals surface area contributed by atoms with Crippen LogP contribution in [0.3, 0.4) is 0 Å². The first-order chi connectivity index (χ1) is 11.2. The second kappa shape index (κ2) is 6.93. The van der Waals surface area contributed by atoms with Crippen molar-refractivity contribution in [2.45, 2.75) is 5.22 Å². The van der Waals surface area contributed by atoms with Crippen molar-refractivity contribution in [3.63, 3.8) is 0 Å². The van der Waals surface area contributed by atoms with Crippen molar-refractivity contribution in [2.75, 3.05) is 11.1 Å². The van der Waals surface area contributed by atoms with Crippen LogP contribution in [0.4, 0.5) is 5.69 Å². The number of nitrogens with one attached hydrogen (secondary N) is 1. The molecule has 3 aromatic rings. The Morgan fingerprint density at radius 2 is 2.13 bits per heavy atom. The summed E-state index contributed by atoms with van der Waals surface area (Å²) in [5.41, 5.74) is 1.10. The lowest BCUT2D eigenvalue weighted by atomic mass is 10.3. The van der Waals surface area contributed by atoms with Crippen molar-refractivity contribution in [3.8, 4) is 17.3 Å². The van der Waals surface area contributed by atoms with Crippen LogP contribution < -0.4 is 5.32 Å². The lowest BCUT2D eigenvalue weighted by molar-refractivity contribution is -0.113. The molecule has 0 spiro atoms. The molecule has 0 aliphatic rings. The van der Waals surface area contributed by atoms with E-state index in [1.54, 1.807) is 30.5 Å². The molecule has 3 rings (SSSR count). The first-order valence-electron chi connectivity index (χ1n) is 6.67. The van der Waals surface area contributed by atoms with Crippen molar-refractivity contribution < 1.29 is 14.3 Å². The third kappa shape index (κ3) is 4.07. The van der Waals surface area contributed by atoms with E-state index in [4.69, 9.17) is 4.42 Å². The van der Waals surface area contributed by atoms with Crippen LogP contribution in [0.15, 0.2) is 58.3 Å². The summed E-state index contributed by atoms with van der Waals surface area (Å²) in [7, 11) is 0. The number of phenolic OH excluding ortho intramolecular Hbond substituents is 1. The maximum Gasteiger partial charge on any atom is 0.277 e. The zero-order valence-electron chi connectivity index (χ0n) is 11.8. The minimum atomic E-state index is -0.238. The summed E-state index contributed by atoms with van der Waals surface area (Å²) in [5, 5.41) is 20.1. The van der Waals surface area contributed by atoms with Gasteiger partial charge in [0.25, 0.3) is 11.1 Å². The number of hydrogen-bond acceptors (Lipinski definition) is 7. The molecule has 23 heavy (non-hydrogen) atoms. The summed E-state index contributed by atoms with van der Waals surface area (Å²) >= 11 is 1.12. The van der Waals surface area contributed by atoms with Crippen LogP contribution in [0.5, 0.6) is 5.75 Å². The fraction of sp³-hybridized carbons (Fsp3) is 0.0667. The van der Waals surface area contributed by atoms with Crippen LogP contribution in [0.1, 0.15) is 0 Å². The van der Waals surface area contributed by atoms with Gasteiger partial charge in [0.15, 0.2) is 0 Å². The summed E-state index contributed by atoms with van der Waals surface area (Å²) < 4.78 is 5.45. The van der Waals surface area contributed by atoms with Crippen LogP contribution in [0.2, 0.25) is 0 Å². The highest BCUT2D eigenvalue weighted by Crippen LogP contribution is 2.22. The number of hydrogen-bond donors (Lipinski definition) is 2. The molecule has 2 N–H and O–H groups in total. The molecule has 0 saturated carbocycles. The normalized spacial score (nSPS) is 10.4. The molecule has 116 valence electrons. The number of anilines is 1. The standard InChI is InChI=1S/C15H12N4O3S/c20-11-5-3-4-10(8-11)17-13(21)9-23-15-19-18-14(22-15)12-6-1-2-7-16-12/h1-8,20H,9H2,(H,17,21). The largest absolute Gasteiger partial charge is 0.508 e. The number of rotatable bonds is 5. The van der Waals surface area contributed by atoms with E-state index in [-0.39, 0.29) is 22.6 Å². The zero-order valence-corrected chi connectivity index (χ0v) is 12.7. The Hall–Kier alpha value is -2.87. The number of pyridine rings is 1. The van der Waals surface area contributed by atoms with Gasteiger partial charge in [0, 0.05) is 18.0 Å². The molecule has 8 heteroatoms. The third-order valence-electron chi connectivity index (χ3n) is 2.75. The Balaban J connectivity index is 1.56. The Kier molecular flexibility index (Phi) is 4.53. The maximum absolute atomic E-state index is 11.9. The van der Waals surface area contributed by atoms with E-state index in [9.17, 15) is 9.90 Å². The second-order valence-electron chi connectivity index (χ2n) is 4.48. The summed E-state index contributed by atoms with van der Waals surface area (Å²) in [6.45, 7) is 0. The fourth-order valence-electron chi connectivity index (χ4n) is 1.77. The van der Waals surface area contributed by atoms with Gasteiger partial charge in [0.05, 0.1) is 5.75 Å². The van der Waals surface area contributed by atoms with Gasteiger partial charge in [0.2, 0.25) is 5.91 Å². The van der Waals surface area contributed by atoms with Gasteiger partial charge in [-0.25, -0.2) is 0 Å². The lowest BCUT2D eigenvalue weighted by Crippen LogP contribution is -2.13. The molecule has 2 aromatic heterocycles. The Labute approximate surface area is 135 Å². The van der Waals surface area contributed by atoms with Crippen molar-refractivity contribution in [3.05, 3.63) is 48.7 Å². The van der Waals surface area contributed by atoms with Gasteiger partial charge >= 0.3 is 0 Å². The molecule has 0 bridgehead atoms. The number of carbonyl (C=O) groups excluding carboxylic acids is 1. The highest BCUT2D eigenvalue weighted by atomic mass is 32.2. The van der Waals surface area contributed by atoms with E-state index in [1.165, 1.54) is 12.1 Å². The third-order valence-corrected chi connectivity index (χ3v) is 3.57. The molecule has 2 heterocycles. The number of thioether (sulfide) groups is 1. The molecule has 0 aliphatic heterocycles. The van der Waals surface area contributed by atoms with Crippen LogP contribution in [0.25, 0.3) is 11.6 Å². The number of aromatic nitrogens is 3. The molecule has 0 atom stereocenters. The van der Waals surface area contributed by atoms with Gasteiger partial charge < -0.3 is 14.8 Å². The quantitative estimate of drug-likeness (QED) is 0.694. The zero-order chi connectivity index (χ0) is 16.1. The topological polar surface area (TPSA) is 101 Å². The SMILES string of the molecule is O=C(CSc1nnc(-c2ccccn2)o1)Nc1cccc(O)c1. The van der Waals surface area contributed by atoms with Gasteiger partial charge in [-0.05, 0) is 24.3 Å². The monoisotopic (exact) mass is 328 g/mol. The average Bonchev–Trinajstić information content (AvgIpc) is 3.03. The molecule has 1 amide bonds. The molecular formula is C15H12N4O3S. The van der Waals surface area contributed by atoms with Crippen molar-refractivity contribution in [1.29, 1.82) is 0 Å². The predicted molar refractivity (Wildman–Crippen MR) is 85.0 cm³/mol. The van der Waals surface area contributed by atoms with Gasteiger partial charge in [-0.2, -0.15) is 0 Å². The molecule has 0 aliphatic carbocycles. The molecule has 1 aromatic carbocycles. The van der Waals surface area contributed by atoms with Crippen LogP contribution in [-0.4, -0.2) is 31.9 Å². The molecular weight excluding hydrogens is 316 g/mol. The highest BCUT2D eigenvalue weighted by Gasteiger charge is 2.12. The van der Waals surface area contributed by atoms with E-state index in [2.05, 4.69) is 20.5 Å². The van der Waals surface area contributed by atoms with Crippen LogP contribution in [0, 0.1) is 0 Å². The van der Waals surface area contributed by atoms with Gasteiger partial charge in [0.1, 0.15) is 11.4 Å². The van der Waals surface area contributed by atoms with Crippen molar-refractivity contribution >= 4 is 23.4 Å². The minimum Gasteiger partial charge on any atom is -0.508 e. The number of nitrogens with zero attached hydrogens (tertiary/aromatic N) is 3. The van der Waals surface area contributed by atoms with E-state index in [1.807, 2.05) is 6.07 Å². The number of phenols is 1. The predicted octanol–water partition coefficient (Wildman–Crippen LogP) is 2.57. The molecule has 0 radical (unpaired) electrons. The molecule has 0 fully saturated rings. The van der Waals surface area contributed by atoms with E-state index >= 15 is 0 Å². The van der Waals surface area contributed by atoms with E-state index < -0.39 is 0 Å². The van der Waals surface area contributed by atoms with E-state index in [0.29, 0.717) is 17.3 Å². The van der Waals surface area contributed by atoms with Gasteiger partial charge in [-0.15, -0.1) is 10.2 Å². The fourth-order valence-corrected chi connectivity index (χ4v) is 2.33. The summed E-state index contributed by atoms with van der Waals surface area (Å²) in [6.07, 6.45) is 1.63. The van der Waals surface area contributed by atoms with Crippen LogP contribution in [-0.2, 0) is 4.79 Å². The summed E-state index contributed by atoms with van der Waals surface area (Å²) in [4.78, 5) is 16.0. The molecule has 0 unspecified atom stereocenters. The number of amides is 1. The number of carbonyl (C=O) groups is 1. The first kappa shape index (κ1) is 15.0. The highest BCUT2D eigenvalue weighted by molar-refractivity contribution is 7.99. The molecule has 7 nitrogen and oxygen atoms in total. The molecule has 0 saturated heterocycles. The van der Waals surface area contributed by atoms with Gasteiger partial charge in [-0.3, -0.25) is 9.78 Å². The summed E-state index contributed by atoms with van der Waals surface area (Å²) in [6, 6.07) is 11.7. The van der Waals surface area contributed by atoms with Gasteiger partial charge in [-0.1, -0.05) is 23.9 Å². The smallest absolute Gasteiger partial charge is 0.277 e. The summed E-state index contributed by atoms with van der Waals surface area (Å²) in [5.74, 6) is 0.270. The second-order valence-corrected chi connectivity index (χ2v) is 5.40. The number of benzene rings is 1. The van der Waals surface area contributed by atoms with Crippen molar-refractivity contribution in [1.82, 2.24) is 15.2 Å². The Morgan fingerprint density at radius 1 is 1.22 bits per heavy atom. The number of aromatic hydroxyl groups is 1. The van der Waals surface area contributed by atoms with Crippen LogP contribution >= 0.6 is 11.8 Å². The van der Waals surface area contributed by atoms with E-state index in [0.717, 1.165) is 11.8 Å². The lowest BCUT2D eigenvalue weighted by Gasteiger charge is -2.03. The maximum atomic E-state index is 11.9. The Bertz CT molecular complexity index is 807. The first-order valence-corrected chi connectivity index (χ1v) is 7.66. The minimum absolute atomic E-state index is 0.0901. The average molecular weight is 328 g/mol.